The fraction of sp³-hybridized carbons (Fsp3) is 0.571. The molecule has 1 aromatic carbocycles. The van der Waals surface area contributed by atoms with Gasteiger partial charge in [0.1, 0.15) is 0 Å². The Morgan fingerprint density at radius 1 is 1.27 bits per heavy atom. The number of primary sulfonamides is 1. The highest BCUT2D eigenvalue weighted by molar-refractivity contribution is 7.89. The Morgan fingerprint density at radius 3 is 2.55 bits per heavy atom. The van der Waals surface area contributed by atoms with Crippen molar-refractivity contribution < 1.29 is 18.1 Å². The fourth-order valence-electron chi connectivity index (χ4n) is 2.75. The average molecular weight is 328 g/mol. The Hall–Kier alpha value is -1.67. The molecule has 1 aromatic rings. The fourth-order valence-corrected chi connectivity index (χ4v) is 3.28. The van der Waals surface area contributed by atoms with Gasteiger partial charge in [-0.05, 0) is 24.5 Å². The summed E-state index contributed by atoms with van der Waals surface area (Å²) in [6.07, 6.45) is 6.94. The van der Waals surface area contributed by atoms with Gasteiger partial charge in [-0.2, -0.15) is 0 Å². The Morgan fingerprint density at radius 2 is 1.95 bits per heavy atom. The highest BCUT2D eigenvalue weighted by Crippen LogP contribution is 2.31. The molecular weight excluding hydrogens is 308 g/mol. The second kappa shape index (κ2) is 7.06. The molecule has 122 valence electrons. The van der Waals surface area contributed by atoms with Gasteiger partial charge in [0.25, 0.3) is 0 Å². The molecule has 0 radical (unpaired) electrons. The van der Waals surface area contributed by atoms with Crippen molar-refractivity contribution in [3.05, 3.63) is 28.3 Å². The number of hydrogen-bond acceptors (Lipinski definition) is 5. The number of rotatable bonds is 6. The van der Waals surface area contributed by atoms with Crippen LogP contribution >= 0.6 is 0 Å². The summed E-state index contributed by atoms with van der Waals surface area (Å²) < 4.78 is 28.0. The lowest BCUT2D eigenvalue weighted by atomic mass is 9.87. The minimum Gasteiger partial charge on any atom is -0.487 e. The molecule has 0 aromatic heterocycles. The molecule has 8 heteroatoms. The van der Waals surface area contributed by atoms with Gasteiger partial charge in [-0.1, -0.05) is 32.1 Å². The van der Waals surface area contributed by atoms with Crippen LogP contribution in [-0.2, 0) is 10.0 Å². The zero-order valence-corrected chi connectivity index (χ0v) is 13.0. The quantitative estimate of drug-likeness (QED) is 0.637. The minimum absolute atomic E-state index is 0.0770. The molecule has 1 aliphatic rings. The lowest BCUT2D eigenvalue weighted by Crippen LogP contribution is -2.13. The van der Waals surface area contributed by atoms with Crippen molar-refractivity contribution in [1.29, 1.82) is 0 Å². The molecular formula is C14H20N2O5S. The van der Waals surface area contributed by atoms with Gasteiger partial charge in [-0.15, -0.1) is 0 Å². The number of sulfonamides is 1. The summed E-state index contributed by atoms with van der Waals surface area (Å²) in [4.78, 5) is 10.1. The number of hydrogen-bond donors (Lipinski definition) is 1. The maximum absolute atomic E-state index is 11.3. The Kier molecular flexibility index (Phi) is 5.36. The molecule has 0 heterocycles. The van der Waals surface area contributed by atoms with E-state index in [2.05, 4.69) is 0 Å². The second-order valence-corrected chi connectivity index (χ2v) is 7.13. The molecule has 0 amide bonds. The van der Waals surface area contributed by atoms with Crippen LogP contribution in [0.1, 0.15) is 38.5 Å². The average Bonchev–Trinajstić information content (AvgIpc) is 2.47. The summed E-state index contributed by atoms with van der Waals surface area (Å²) in [5.41, 5.74) is -0.379. The molecule has 0 bridgehead atoms. The summed E-state index contributed by atoms with van der Waals surface area (Å²) in [6.45, 7) is 0.389. The number of benzene rings is 1. The van der Waals surface area contributed by atoms with Gasteiger partial charge in [0.2, 0.25) is 10.0 Å². The first-order chi connectivity index (χ1) is 10.4. The van der Waals surface area contributed by atoms with Crippen molar-refractivity contribution in [2.75, 3.05) is 6.61 Å². The highest BCUT2D eigenvalue weighted by atomic mass is 32.2. The monoisotopic (exact) mass is 328 g/mol. The molecule has 1 aliphatic carbocycles. The lowest BCUT2D eigenvalue weighted by molar-refractivity contribution is -0.386. The van der Waals surface area contributed by atoms with E-state index in [4.69, 9.17) is 9.88 Å². The van der Waals surface area contributed by atoms with Gasteiger partial charge >= 0.3 is 5.69 Å². The summed E-state index contributed by atoms with van der Waals surface area (Å²) in [6, 6.07) is 3.45. The van der Waals surface area contributed by atoms with Crippen molar-refractivity contribution in [1.82, 2.24) is 0 Å². The third-order valence-electron chi connectivity index (χ3n) is 3.96. The van der Waals surface area contributed by atoms with Crippen molar-refractivity contribution >= 4 is 15.7 Å². The van der Waals surface area contributed by atoms with Crippen LogP contribution in [0.4, 0.5) is 5.69 Å². The largest absolute Gasteiger partial charge is 0.487 e. The van der Waals surface area contributed by atoms with Gasteiger partial charge in [-0.25, -0.2) is 13.6 Å². The van der Waals surface area contributed by atoms with Crippen molar-refractivity contribution in [2.24, 2.45) is 11.1 Å². The summed E-state index contributed by atoms with van der Waals surface area (Å²) >= 11 is 0. The summed E-state index contributed by atoms with van der Waals surface area (Å²) in [5, 5.41) is 16.0. The molecule has 0 atom stereocenters. The van der Waals surface area contributed by atoms with E-state index < -0.39 is 14.9 Å². The van der Waals surface area contributed by atoms with Crippen LogP contribution in [-0.4, -0.2) is 19.9 Å². The molecule has 0 aliphatic heterocycles. The zero-order chi connectivity index (χ0) is 16.2. The highest BCUT2D eigenvalue weighted by Gasteiger charge is 2.21. The molecule has 0 spiro atoms. The standard InChI is InChI=1S/C14H20N2O5S/c15-22(19,20)12-6-7-14(13(10-12)16(17)18)21-9-8-11-4-2-1-3-5-11/h6-7,10-11H,1-5,8-9H2,(H2,15,19,20). The molecule has 1 fully saturated rings. The van der Waals surface area contributed by atoms with E-state index in [0.29, 0.717) is 12.5 Å². The molecule has 0 unspecified atom stereocenters. The first-order valence-corrected chi connectivity index (χ1v) is 8.86. The Bertz CT molecular complexity index is 639. The Labute approximate surface area is 129 Å². The molecule has 0 saturated heterocycles. The van der Waals surface area contributed by atoms with E-state index in [1.54, 1.807) is 0 Å². The van der Waals surface area contributed by atoms with E-state index in [9.17, 15) is 18.5 Å². The van der Waals surface area contributed by atoms with Crippen molar-refractivity contribution in [3.8, 4) is 5.75 Å². The van der Waals surface area contributed by atoms with Gasteiger partial charge in [0.15, 0.2) is 5.75 Å². The van der Waals surface area contributed by atoms with Crippen molar-refractivity contribution in [3.63, 3.8) is 0 Å². The van der Waals surface area contributed by atoms with Gasteiger partial charge < -0.3 is 4.74 Å². The topological polar surface area (TPSA) is 113 Å². The number of nitro benzene ring substituents is 1. The molecule has 22 heavy (non-hydrogen) atoms. The molecule has 2 rings (SSSR count). The van der Waals surface area contributed by atoms with Gasteiger partial charge in [0.05, 0.1) is 16.4 Å². The Balaban J connectivity index is 2.05. The number of nitro groups is 1. The third-order valence-corrected chi connectivity index (χ3v) is 4.88. The van der Waals surface area contributed by atoms with Crippen LogP contribution in [0.15, 0.2) is 23.1 Å². The van der Waals surface area contributed by atoms with Crippen LogP contribution < -0.4 is 9.88 Å². The number of nitrogens with zero attached hydrogens (tertiary/aromatic N) is 1. The smallest absolute Gasteiger partial charge is 0.312 e. The van der Waals surface area contributed by atoms with Crippen molar-refractivity contribution in [2.45, 2.75) is 43.4 Å². The predicted octanol–water partition coefficient (Wildman–Crippen LogP) is 2.59. The first kappa shape index (κ1) is 16.7. The molecule has 2 N–H and O–H groups in total. The predicted molar refractivity (Wildman–Crippen MR) is 81.2 cm³/mol. The van der Waals surface area contributed by atoms with Gasteiger partial charge in [0, 0.05) is 6.07 Å². The second-order valence-electron chi connectivity index (χ2n) is 5.57. The van der Waals surface area contributed by atoms with Crippen LogP contribution in [0.3, 0.4) is 0 Å². The van der Waals surface area contributed by atoms with E-state index >= 15 is 0 Å². The normalized spacial score (nSPS) is 16.4. The SMILES string of the molecule is NS(=O)(=O)c1ccc(OCCC2CCCCC2)c([N+](=O)[O-])c1. The zero-order valence-electron chi connectivity index (χ0n) is 12.2. The van der Waals surface area contributed by atoms with E-state index in [1.807, 2.05) is 0 Å². The van der Waals surface area contributed by atoms with Crippen LogP contribution in [0.5, 0.6) is 5.75 Å². The minimum atomic E-state index is -3.97. The van der Waals surface area contributed by atoms with Gasteiger partial charge in [-0.3, -0.25) is 10.1 Å². The first-order valence-electron chi connectivity index (χ1n) is 7.32. The number of nitrogens with two attached hydrogens (primary N) is 1. The van der Waals surface area contributed by atoms with Crippen LogP contribution in [0.25, 0.3) is 0 Å². The van der Waals surface area contributed by atoms with Crippen LogP contribution in [0.2, 0.25) is 0 Å². The number of ether oxygens (including phenoxy) is 1. The lowest BCUT2D eigenvalue weighted by Gasteiger charge is -2.21. The van der Waals surface area contributed by atoms with Crippen LogP contribution in [0, 0.1) is 16.0 Å². The maximum Gasteiger partial charge on any atom is 0.312 e. The maximum atomic E-state index is 11.3. The summed E-state index contributed by atoms with van der Waals surface area (Å²) in [5.74, 6) is 0.685. The van der Waals surface area contributed by atoms with E-state index in [-0.39, 0.29) is 16.3 Å². The molecule has 7 nitrogen and oxygen atoms in total. The summed E-state index contributed by atoms with van der Waals surface area (Å²) in [7, 11) is -3.97. The van der Waals surface area contributed by atoms with E-state index in [1.165, 1.54) is 44.2 Å². The third kappa shape index (κ3) is 4.41. The molecule has 1 saturated carbocycles. The van der Waals surface area contributed by atoms with E-state index in [0.717, 1.165) is 12.5 Å².